The van der Waals surface area contributed by atoms with Crippen LogP contribution in [0.1, 0.15) is 27.6 Å². The zero-order valence-corrected chi connectivity index (χ0v) is 12.1. The number of carbonyl (C=O) groups is 2. The van der Waals surface area contributed by atoms with Crippen molar-refractivity contribution in [3.63, 3.8) is 0 Å². The molecule has 0 bridgehead atoms. The van der Waals surface area contributed by atoms with Gasteiger partial charge in [0.15, 0.2) is 5.78 Å². The average Bonchev–Trinajstić information content (AvgIpc) is 2.42. The van der Waals surface area contributed by atoms with Gasteiger partial charge in [0.1, 0.15) is 0 Å². The number of anilines is 1. The van der Waals surface area contributed by atoms with Gasteiger partial charge in [0.05, 0.1) is 15.6 Å². The maximum absolute atomic E-state index is 12.1. The second-order valence-electron chi connectivity index (χ2n) is 4.19. The minimum Gasteiger partial charge on any atom is -0.322 e. The van der Waals surface area contributed by atoms with E-state index < -0.39 is 0 Å². The summed E-state index contributed by atoms with van der Waals surface area (Å²) in [4.78, 5) is 23.2. The smallest absolute Gasteiger partial charge is 0.257 e. The number of rotatable bonds is 3. The molecule has 2 rings (SSSR count). The zero-order valence-electron chi connectivity index (χ0n) is 10.6. The third-order valence-electron chi connectivity index (χ3n) is 2.75. The first-order valence-corrected chi connectivity index (χ1v) is 6.61. The van der Waals surface area contributed by atoms with Gasteiger partial charge in [-0.3, -0.25) is 9.59 Å². The van der Waals surface area contributed by atoms with Gasteiger partial charge >= 0.3 is 0 Å². The molecular formula is C15H11Cl2NO2. The van der Waals surface area contributed by atoms with Crippen molar-refractivity contribution in [2.24, 2.45) is 0 Å². The molecule has 0 fully saturated rings. The highest BCUT2D eigenvalue weighted by Gasteiger charge is 2.12. The Morgan fingerprint density at radius 3 is 2.25 bits per heavy atom. The number of carbonyl (C=O) groups excluding carboxylic acids is 2. The van der Waals surface area contributed by atoms with E-state index in [0.717, 1.165) is 0 Å². The van der Waals surface area contributed by atoms with Gasteiger partial charge in [0.2, 0.25) is 0 Å². The first-order valence-electron chi connectivity index (χ1n) is 5.85. The van der Waals surface area contributed by atoms with Gasteiger partial charge < -0.3 is 5.32 Å². The minimum atomic E-state index is -0.354. The van der Waals surface area contributed by atoms with E-state index in [9.17, 15) is 9.59 Å². The molecule has 0 spiro atoms. The number of benzene rings is 2. The van der Waals surface area contributed by atoms with Crippen molar-refractivity contribution >= 4 is 40.6 Å². The summed E-state index contributed by atoms with van der Waals surface area (Å²) in [6.45, 7) is 1.49. The number of ketones is 1. The predicted molar refractivity (Wildman–Crippen MR) is 80.9 cm³/mol. The van der Waals surface area contributed by atoms with Crippen LogP contribution in [0.2, 0.25) is 10.0 Å². The van der Waals surface area contributed by atoms with E-state index in [2.05, 4.69) is 5.32 Å². The lowest BCUT2D eigenvalue weighted by Gasteiger charge is -2.08. The number of halogens is 2. The first-order chi connectivity index (χ1) is 9.49. The molecule has 0 aromatic heterocycles. The highest BCUT2D eigenvalue weighted by molar-refractivity contribution is 6.44. The van der Waals surface area contributed by atoms with E-state index in [4.69, 9.17) is 23.2 Å². The summed E-state index contributed by atoms with van der Waals surface area (Å²) >= 11 is 11.9. The van der Waals surface area contributed by atoms with E-state index in [1.165, 1.54) is 6.92 Å². The molecular weight excluding hydrogens is 297 g/mol. The van der Waals surface area contributed by atoms with Crippen LogP contribution in [0.25, 0.3) is 0 Å². The van der Waals surface area contributed by atoms with Crippen LogP contribution in [-0.2, 0) is 0 Å². The number of nitrogens with one attached hydrogen (secondary N) is 1. The molecule has 1 N–H and O–H groups in total. The molecule has 0 radical (unpaired) electrons. The van der Waals surface area contributed by atoms with Crippen molar-refractivity contribution in [1.82, 2.24) is 0 Å². The Morgan fingerprint density at radius 2 is 1.65 bits per heavy atom. The van der Waals surface area contributed by atoms with Crippen molar-refractivity contribution in [2.75, 3.05) is 5.32 Å². The van der Waals surface area contributed by atoms with Gasteiger partial charge in [-0.25, -0.2) is 0 Å². The molecule has 0 saturated heterocycles. The maximum atomic E-state index is 12.1. The third kappa shape index (κ3) is 3.18. The topological polar surface area (TPSA) is 46.2 Å². The fourth-order valence-electron chi connectivity index (χ4n) is 1.67. The highest BCUT2D eigenvalue weighted by Crippen LogP contribution is 2.26. The number of amides is 1. The van der Waals surface area contributed by atoms with E-state index in [1.807, 2.05) is 0 Å². The molecule has 0 aliphatic carbocycles. The molecule has 1 amide bonds. The molecule has 0 unspecified atom stereocenters. The maximum Gasteiger partial charge on any atom is 0.257 e. The summed E-state index contributed by atoms with van der Waals surface area (Å²) < 4.78 is 0. The molecule has 3 nitrogen and oxygen atoms in total. The lowest BCUT2D eigenvalue weighted by Crippen LogP contribution is -2.12. The summed E-state index contributed by atoms with van der Waals surface area (Å²) in [6.07, 6.45) is 0. The second kappa shape index (κ2) is 6.07. The molecule has 0 aliphatic rings. The minimum absolute atomic E-state index is 0.0271. The van der Waals surface area contributed by atoms with Crippen LogP contribution in [0.3, 0.4) is 0 Å². The van der Waals surface area contributed by atoms with Crippen LogP contribution >= 0.6 is 23.2 Å². The standard InChI is InChI=1S/C15H11Cl2NO2/c1-9(19)10-5-7-11(8-6-10)18-15(20)12-3-2-4-13(16)14(12)17/h2-8H,1H3,(H,18,20). The first kappa shape index (κ1) is 14.6. The Balaban J connectivity index is 2.19. The third-order valence-corrected chi connectivity index (χ3v) is 3.56. The molecule has 20 heavy (non-hydrogen) atoms. The van der Waals surface area contributed by atoms with Gasteiger partial charge in [-0.15, -0.1) is 0 Å². The molecule has 102 valence electrons. The van der Waals surface area contributed by atoms with Crippen LogP contribution < -0.4 is 5.32 Å². The SMILES string of the molecule is CC(=O)c1ccc(NC(=O)c2cccc(Cl)c2Cl)cc1. The number of hydrogen-bond acceptors (Lipinski definition) is 2. The Kier molecular flexibility index (Phi) is 4.42. The summed E-state index contributed by atoms with van der Waals surface area (Å²) in [5.74, 6) is -0.381. The van der Waals surface area contributed by atoms with Crippen molar-refractivity contribution in [2.45, 2.75) is 6.92 Å². The molecule has 0 atom stereocenters. The van der Waals surface area contributed by atoms with E-state index in [-0.39, 0.29) is 16.7 Å². The van der Waals surface area contributed by atoms with Crippen molar-refractivity contribution < 1.29 is 9.59 Å². The van der Waals surface area contributed by atoms with Crippen molar-refractivity contribution in [3.05, 3.63) is 63.6 Å². The molecule has 5 heteroatoms. The van der Waals surface area contributed by atoms with E-state index in [1.54, 1.807) is 42.5 Å². The summed E-state index contributed by atoms with van der Waals surface area (Å²) in [7, 11) is 0. The van der Waals surface area contributed by atoms with Crippen molar-refractivity contribution in [3.8, 4) is 0 Å². The Labute approximate surface area is 126 Å². The Bertz CT molecular complexity index is 666. The van der Waals surface area contributed by atoms with Crippen LogP contribution in [-0.4, -0.2) is 11.7 Å². The van der Waals surface area contributed by atoms with Gasteiger partial charge in [-0.2, -0.15) is 0 Å². The van der Waals surface area contributed by atoms with Gasteiger partial charge in [-0.1, -0.05) is 29.3 Å². The largest absolute Gasteiger partial charge is 0.322 e. The second-order valence-corrected chi connectivity index (χ2v) is 4.97. The Hall–Kier alpha value is -1.84. The highest BCUT2D eigenvalue weighted by atomic mass is 35.5. The number of hydrogen-bond donors (Lipinski definition) is 1. The monoisotopic (exact) mass is 307 g/mol. The zero-order chi connectivity index (χ0) is 14.7. The Morgan fingerprint density at radius 1 is 1.00 bits per heavy atom. The lowest BCUT2D eigenvalue weighted by molar-refractivity contribution is 0.101. The average molecular weight is 308 g/mol. The van der Waals surface area contributed by atoms with Crippen LogP contribution in [0, 0.1) is 0 Å². The predicted octanol–water partition coefficient (Wildman–Crippen LogP) is 4.45. The van der Waals surface area contributed by atoms with Gasteiger partial charge in [0, 0.05) is 11.3 Å². The molecule has 2 aromatic carbocycles. The molecule has 0 saturated carbocycles. The quantitative estimate of drug-likeness (QED) is 0.852. The van der Waals surface area contributed by atoms with Gasteiger partial charge in [0.25, 0.3) is 5.91 Å². The van der Waals surface area contributed by atoms with Crippen LogP contribution in [0.4, 0.5) is 5.69 Å². The van der Waals surface area contributed by atoms with Crippen molar-refractivity contribution in [1.29, 1.82) is 0 Å². The van der Waals surface area contributed by atoms with Crippen LogP contribution in [0.5, 0.6) is 0 Å². The van der Waals surface area contributed by atoms with Crippen LogP contribution in [0.15, 0.2) is 42.5 Å². The fourth-order valence-corrected chi connectivity index (χ4v) is 2.05. The molecule has 0 heterocycles. The van der Waals surface area contributed by atoms with E-state index >= 15 is 0 Å². The van der Waals surface area contributed by atoms with E-state index in [0.29, 0.717) is 21.8 Å². The normalized spacial score (nSPS) is 10.2. The fraction of sp³-hybridized carbons (Fsp3) is 0.0667. The number of Topliss-reactive ketones (excluding diaryl/α,β-unsaturated/α-hetero) is 1. The summed E-state index contributed by atoms with van der Waals surface area (Å²) in [5, 5.41) is 3.24. The lowest BCUT2D eigenvalue weighted by atomic mass is 10.1. The summed E-state index contributed by atoms with van der Waals surface area (Å²) in [5.41, 5.74) is 1.47. The molecule has 2 aromatic rings. The molecule has 0 aliphatic heterocycles. The summed E-state index contributed by atoms with van der Waals surface area (Å²) in [6, 6.07) is 11.5. The van der Waals surface area contributed by atoms with Gasteiger partial charge in [-0.05, 0) is 43.3 Å².